The molecule has 0 radical (unpaired) electrons. The van der Waals surface area contributed by atoms with Crippen molar-refractivity contribution >= 4 is 12.6 Å². The fourth-order valence-corrected chi connectivity index (χ4v) is 2.00. The van der Waals surface area contributed by atoms with Gasteiger partial charge < -0.3 is 19.8 Å². The lowest BCUT2D eigenvalue weighted by Gasteiger charge is -2.41. The standard InChI is InChI=1S/C11H20O4.3C2H6/c1-3-5-11(8-14,9-15)10(4-2,6-12)7-13;3*1-2/h6,8,13,15H,3-5,7,9H2,1-2H3;3*1-2H3/t10-,11-;;;/m1.../s1. The number of carbonyl (C=O) groups is 2. The summed E-state index contributed by atoms with van der Waals surface area (Å²) in [6.07, 6.45) is 2.64. The second-order valence-corrected chi connectivity index (χ2v) is 3.97. The monoisotopic (exact) mass is 306 g/mol. The van der Waals surface area contributed by atoms with Crippen LogP contribution in [0.1, 0.15) is 74.7 Å². The van der Waals surface area contributed by atoms with Crippen LogP contribution in [0, 0.1) is 10.8 Å². The molecule has 0 spiro atoms. The molecule has 2 N–H and O–H groups in total. The first-order valence-electron chi connectivity index (χ1n) is 8.26. The van der Waals surface area contributed by atoms with Crippen LogP contribution in [0.25, 0.3) is 0 Å². The van der Waals surface area contributed by atoms with E-state index < -0.39 is 24.0 Å². The van der Waals surface area contributed by atoms with Crippen LogP contribution in [0.3, 0.4) is 0 Å². The van der Waals surface area contributed by atoms with Crippen LogP contribution >= 0.6 is 0 Å². The van der Waals surface area contributed by atoms with Gasteiger partial charge in [-0.1, -0.05) is 61.8 Å². The van der Waals surface area contributed by atoms with Crippen molar-refractivity contribution in [3.8, 4) is 0 Å². The Morgan fingerprint density at radius 1 is 0.762 bits per heavy atom. The molecule has 4 heteroatoms. The molecule has 0 aromatic heterocycles. The lowest BCUT2D eigenvalue weighted by molar-refractivity contribution is -0.144. The van der Waals surface area contributed by atoms with Crippen molar-refractivity contribution in [2.24, 2.45) is 10.8 Å². The molecule has 0 aliphatic carbocycles. The van der Waals surface area contributed by atoms with Gasteiger partial charge >= 0.3 is 0 Å². The number of aliphatic hydroxyl groups is 2. The van der Waals surface area contributed by atoms with E-state index in [-0.39, 0.29) is 0 Å². The van der Waals surface area contributed by atoms with E-state index in [1.165, 1.54) is 0 Å². The number of hydrogen-bond donors (Lipinski definition) is 2. The minimum absolute atomic E-state index is 0.340. The summed E-state index contributed by atoms with van der Waals surface area (Å²) in [5.41, 5.74) is -2.30. The van der Waals surface area contributed by atoms with E-state index in [9.17, 15) is 19.8 Å². The first-order chi connectivity index (χ1) is 10.1. The molecule has 21 heavy (non-hydrogen) atoms. The van der Waals surface area contributed by atoms with Crippen molar-refractivity contribution in [3.05, 3.63) is 0 Å². The van der Waals surface area contributed by atoms with E-state index in [0.717, 1.165) is 0 Å². The smallest absolute Gasteiger partial charge is 0.129 e. The Labute approximate surface area is 132 Å². The average molecular weight is 306 g/mol. The third-order valence-corrected chi connectivity index (χ3v) is 3.33. The SMILES string of the molecule is CC.CC.CC.CCC[C@@](C=O)(CO)[C@@](C=O)(CC)CO. The molecule has 0 aromatic carbocycles. The summed E-state index contributed by atoms with van der Waals surface area (Å²) in [5.74, 6) is 0. The molecule has 0 aliphatic rings. The fourth-order valence-electron chi connectivity index (χ4n) is 2.00. The van der Waals surface area contributed by atoms with Gasteiger partial charge in [-0.05, 0) is 12.8 Å². The van der Waals surface area contributed by atoms with E-state index in [4.69, 9.17) is 0 Å². The normalized spacial score (nSPS) is 14.4. The molecule has 0 heterocycles. The number of carbonyl (C=O) groups excluding carboxylic acids is 2. The molecule has 0 fully saturated rings. The Hall–Kier alpha value is -0.740. The van der Waals surface area contributed by atoms with Gasteiger partial charge in [0.15, 0.2) is 0 Å². The summed E-state index contributed by atoms with van der Waals surface area (Å²) < 4.78 is 0. The first kappa shape index (κ1) is 28.4. The number of rotatable bonds is 8. The van der Waals surface area contributed by atoms with Crippen LogP contribution in [0.4, 0.5) is 0 Å². The zero-order chi connectivity index (χ0) is 17.9. The molecule has 0 amide bonds. The van der Waals surface area contributed by atoms with Gasteiger partial charge in [0.1, 0.15) is 12.6 Å². The number of hydrogen-bond acceptors (Lipinski definition) is 4. The van der Waals surface area contributed by atoms with Crippen molar-refractivity contribution < 1.29 is 19.8 Å². The highest BCUT2D eigenvalue weighted by molar-refractivity contribution is 5.73. The maximum Gasteiger partial charge on any atom is 0.129 e. The van der Waals surface area contributed by atoms with Crippen LogP contribution in [-0.4, -0.2) is 36.0 Å². The maximum atomic E-state index is 11.1. The second kappa shape index (κ2) is 19.3. The van der Waals surface area contributed by atoms with Crippen LogP contribution in [0.5, 0.6) is 0 Å². The summed E-state index contributed by atoms with van der Waals surface area (Å²) >= 11 is 0. The topological polar surface area (TPSA) is 74.6 Å². The summed E-state index contributed by atoms with van der Waals surface area (Å²) in [7, 11) is 0. The summed E-state index contributed by atoms with van der Waals surface area (Å²) in [5, 5.41) is 18.6. The summed E-state index contributed by atoms with van der Waals surface area (Å²) in [4.78, 5) is 22.2. The van der Waals surface area contributed by atoms with Gasteiger partial charge in [0, 0.05) is 0 Å². The van der Waals surface area contributed by atoms with Crippen molar-refractivity contribution in [2.45, 2.75) is 74.7 Å². The molecule has 4 nitrogen and oxygen atoms in total. The molecule has 0 aliphatic heterocycles. The zero-order valence-electron chi connectivity index (χ0n) is 15.4. The predicted molar refractivity (Wildman–Crippen MR) is 90.4 cm³/mol. The van der Waals surface area contributed by atoms with Crippen LogP contribution in [0.2, 0.25) is 0 Å². The Balaban J connectivity index is -0.000000212. The third kappa shape index (κ3) is 7.72. The molecule has 0 aromatic rings. The molecule has 130 valence electrons. The highest BCUT2D eigenvalue weighted by atomic mass is 16.3. The molecule has 0 saturated carbocycles. The first-order valence-corrected chi connectivity index (χ1v) is 8.26. The van der Waals surface area contributed by atoms with Gasteiger partial charge in [0.05, 0.1) is 24.0 Å². The van der Waals surface area contributed by atoms with E-state index >= 15 is 0 Å². The molecule has 2 atom stereocenters. The summed E-state index contributed by atoms with van der Waals surface area (Å²) in [6.45, 7) is 14.8. The van der Waals surface area contributed by atoms with E-state index in [2.05, 4.69) is 0 Å². The van der Waals surface area contributed by atoms with Crippen molar-refractivity contribution in [1.82, 2.24) is 0 Å². The molecular weight excluding hydrogens is 268 g/mol. The van der Waals surface area contributed by atoms with Crippen LogP contribution in [0.15, 0.2) is 0 Å². The maximum absolute atomic E-state index is 11.1. The molecule has 0 saturated heterocycles. The molecule has 0 unspecified atom stereocenters. The van der Waals surface area contributed by atoms with E-state index in [1.54, 1.807) is 6.92 Å². The summed E-state index contributed by atoms with van der Waals surface area (Å²) in [6, 6.07) is 0. The largest absolute Gasteiger partial charge is 0.395 e. The van der Waals surface area contributed by atoms with Gasteiger partial charge in [-0.25, -0.2) is 0 Å². The number of aldehydes is 2. The number of aliphatic hydroxyl groups excluding tert-OH is 2. The third-order valence-electron chi connectivity index (χ3n) is 3.33. The van der Waals surface area contributed by atoms with E-state index in [0.29, 0.717) is 31.8 Å². The quantitative estimate of drug-likeness (QED) is 0.671. The van der Waals surface area contributed by atoms with Crippen molar-refractivity contribution in [2.75, 3.05) is 13.2 Å². The predicted octanol–water partition coefficient (Wildman–Crippen LogP) is 3.63. The lowest BCUT2D eigenvalue weighted by atomic mass is 9.62. The highest BCUT2D eigenvalue weighted by Gasteiger charge is 2.49. The Morgan fingerprint density at radius 3 is 1.24 bits per heavy atom. The lowest BCUT2D eigenvalue weighted by Crippen LogP contribution is -2.49. The zero-order valence-corrected chi connectivity index (χ0v) is 15.4. The average Bonchev–Trinajstić information content (AvgIpc) is 2.61. The van der Waals surface area contributed by atoms with Gasteiger partial charge in [0.2, 0.25) is 0 Å². The molecule has 0 bridgehead atoms. The van der Waals surface area contributed by atoms with Gasteiger partial charge in [-0.3, -0.25) is 0 Å². The van der Waals surface area contributed by atoms with Crippen LogP contribution < -0.4 is 0 Å². The Morgan fingerprint density at radius 2 is 1.10 bits per heavy atom. The van der Waals surface area contributed by atoms with Crippen LogP contribution in [-0.2, 0) is 9.59 Å². The minimum atomic E-state index is -1.15. The van der Waals surface area contributed by atoms with Crippen molar-refractivity contribution in [3.63, 3.8) is 0 Å². The van der Waals surface area contributed by atoms with Gasteiger partial charge in [0.25, 0.3) is 0 Å². The second-order valence-electron chi connectivity index (χ2n) is 3.97. The van der Waals surface area contributed by atoms with Gasteiger partial charge in [-0.2, -0.15) is 0 Å². The molecular formula is C17H38O4. The van der Waals surface area contributed by atoms with Crippen molar-refractivity contribution in [1.29, 1.82) is 0 Å². The van der Waals surface area contributed by atoms with Gasteiger partial charge in [-0.15, -0.1) is 0 Å². The Bertz CT molecular complexity index is 213. The molecule has 0 rings (SSSR count). The van der Waals surface area contributed by atoms with E-state index in [1.807, 2.05) is 48.5 Å². The Kier molecular flexibility index (Phi) is 26.1. The minimum Gasteiger partial charge on any atom is -0.395 e. The highest BCUT2D eigenvalue weighted by Crippen LogP contribution is 2.42. The fraction of sp³-hybridized carbons (Fsp3) is 0.882.